The molecule has 0 fully saturated rings. The van der Waals surface area contributed by atoms with E-state index in [1.54, 1.807) is 0 Å². The van der Waals surface area contributed by atoms with Gasteiger partial charge in [-0.15, -0.1) is 0 Å². The van der Waals surface area contributed by atoms with E-state index in [9.17, 15) is 0 Å². The lowest BCUT2D eigenvalue weighted by Gasteiger charge is -2.31. The summed E-state index contributed by atoms with van der Waals surface area (Å²) in [6.45, 7) is 6.57. The van der Waals surface area contributed by atoms with Crippen molar-refractivity contribution in [2.75, 3.05) is 0 Å². The molecule has 0 aliphatic heterocycles. The number of hydrogen-bond acceptors (Lipinski definition) is 0. The number of hydrogen-bond donors (Lipinski definition) is 0. The van der Waals surface area contributed by atoms with Gasteiger partial charge in [0.05, 0.1) is 0 Å². The zero-order chi connectivity index (χ0) is 19.4. The van der Waals surface area contributed by atoms with Crippen molar-refractivity contribution in [3.8, 4) is 0 Å². The second-order valence-electron chi connectivity index (χ2n) is 8.40. The van der Waals surface area contributed by atoms with Crippen LogP contribution in [0.25, 0.3) is 21.5 Å². The molecule has 0 saturated heterocycles. The SMILES string of the molecule is [CH2]CCCC(C)(Cc1cccc2ccccc12)Cc1cccc2ccccc12. The predicted molar refractivity (Wildman–Crippen MR) is 123 cm³/mol. The molecular formula is C28H29. The zero-order valence-corrected chi connectivity index (χ0v) is 16.8. The summed E-state index contributed by atoms with van der Waals surface area (Å²) < 4.78 is 0. The van der Waals surface area contributed by atoms with E-state index in [4.69, 9.17) is 0 Å². The van der Waals surface area contributed by atoms with Gasteiger partial charge in [0, 0.05) is 0 Å². The highest BCUT2D eigenvalue weighted by Gasteiger charge is 2.26. The van der Waals surface area contributed by atoms with Crippen LogP contribution in [0.2, 0.25) is 0 Å². The Labute approximate surface area is 169 Å². The smallest absolute Gasteiger partial charge is 0.0152 e. The Hall–Kier alpha value is -2.60. The standard InChI is InChI=1S/C28H29/c1-3-4-19-28(2,20-24-15-9-13-22-11-5-7-17-26(22)24)21-25-16-10-14-23-12-6-8-18-27(23)25/h5-18H,1,3-4,19-21H2,2H3. The van der Waals surface area contributed by atoms with Gasteiger partial charge in [-0.1, -0.05) is 112 Å². The highest BCUT2D eigenvalue weighted by molar-refractivity contribution is 5.86. The van der Waals surface area contributed by atoms with Crippen LogP contribution in [0.3, 0.4) is 0 Å². The summed E-state index contributed by atoms with van der Waals surface area (Å²) in [6, 6.07) is 31.0. The average Bonchev–Trinajstić information content (AvgIpc) is 2.73. The summed E-state index contributed by atoms with van der Waals surface area (Å²) >= 11 is 0. The van der Waals surface area contributed by atoms with Crippen LogP contribution in [0.5, 0.6) is 0 Å². The van der Waals surface area contributed by atoms with Crippen molar-refractivity contribution in [2.24, 2.45) is 5.41 Å². The van der Waals surface area contributed by atoms with Gasteiger partial charge in [0.1, 0.15) is 0 Å². The fourth-order valence-corrected chi connectivity index (χ4v) is 4.60. The molecule has 0 N–H and O–H groups in total. The lowest BCUT2D eigenvalue weighted by molar-refractivity contribution is 0.286. The quantitative estimate of drug-likeness (QED) is 0.313. The van der Waals surface area contributed by atoms with Gasteiger partial charge in [0.25, 0.3) is 0 Å². The Morgan fingerprint density at radius 1 is 0.643 bits per heavy atom. The fraction of sp³-hybridized carbons (Fsp3) is 0.250. The molecule has 28 heavy (non-hydrogen) atoms. The van der Waals surface area contributed by atoms with Crippen molar-refractivity contribution in [1.29, 1.82) is 0 Å². The summed E-state index contributed by atoms with van der Waals surface area (Å²) in [5.74, 6) is 0. The largest absolute Gasteiger partial charge is 0.0616 e. The van der Waals surface area contributed by atoms with Crippen molar-refractivity contribution >= 4 is 21.5 Å². The molecule has 0 aliphatic carbocycles. The maximum absolute atomic E-state index is 4.10. The van der Waals surface area contributed by atoms with Crippen molar-refractivity contribution < 1.29 is 0 Å². The molecule has 4 aromatic rings. The Bertz CT molecular complexity index is 982. The summed E-state index contributed by atoms with van der Waals surface area (Å²) in [7, 11) is 0. The Kier molecular flexibility index (Phi) is 5.48. The van der Waals surface area contributed by atoms with Gasteiger partial charge in [0.2, 0.25) is 0 Å². The van der Waals surface area contributed by atoms with Crippen LogP contribution in [-0.4, -0.2) is 0 Å². The summed E-state index contributed by atoms with van der Waals surface area (Å²) in [5.41, 5.74) is 3.14. The first kappa shape index (κ1) is 18.7. The van der Waals surface area contributed by atoms with Crippen LogP contribution in [0.15, 0.2) is 84.9 Å². The highest BCUT2D eigenvalue weighted by Crippen LogP contribution is 2.36. The Morgan fingerprint density at radius 2 is 1.11 bits per heavy atom. The van der Waals surface area contributed by atoms with Crippen molar-refractivity contribution in [3.05, 3.63) is 103 Å². The molecule has 1 radical (unpaired) electrons. The number of fused-ring (bicyclic) bond motifs is 2. The molecule has 4 rings (SSSR count). The molecule has 0 saturated carbocycles. The molecule has 0 heteroatoms. The van der Waals surface area contributed by atoms with E-state index in [1.807, 2.05) is 0 Å². The third-order valence-corrected chi connectivity index (χ3v) is 6.02. The van der Waals surface area contributed by atoms with Gasteiger partial charge in [-0.25, -0.2) is 0 Å². The van der Waals surface area contributed by atoms with Crippen LogP contribution in [0.1, 0.15) is 37.3 Å². The third kappa shape index (κ3) is 3.97. The van der Waals surface area contributed by atoms with Crippen LogP contribution in [0, 0.1) is 12.3 Å². The molecule has 0 amide bonds. The van der Waals surface area contributed by atoms with E-state index >= 15 is 0 Å². The first-order valence-electron chi connectivity index (χ1n) is 10.4. The van der Waals surface area contributed by atoms with Crippen molar-refractivity contribution in [2.45, 2.75) is 39.0 Å². The number of rotatable bonds is 7. The molecular weight excluding hydrogens is 336 g/mol. The first-order valence-corrected chi connectivity index (χ1v) is 10.4. The molecule has 0 aliphatic rings. The Balaban J connectivity index is 1.71. The molecule has 0 heterocycles. The minimum Gasteiger partial charge on any atom is -0.0616 e. The maximum atomic E-state index is 4.10. The topological polar surface area (TPSA) is 0 Å². The molecule has 0 spiro atoms. The highest BCUT2D eigenvalue weighted by atomic mass is 14.3. The molecule has 0 nitrogen and oxygen atoms in total. The van der Waals surface area contributed by atoms with Crippen LogP contribution >= 0.6 is 0 Å². The normalized spacial score (nSPS) is 11.9. The molecule has 0 unspecified atom stereocenters. The number of benzene rings is 4. The molecule has 141 valence electrons. The van der Waals surface area contributed by atoms with E-state index < -0.39 is 0 Å². The van der Waals surface area contributed by atoms with Gasteiger partial charge in [-0.05, 0) is 57.3 Å². The van der Waals surface area contributed by atoms with Crippen LogP contribution in [-0.2, 0) is 12.8 Å². The minimum atomic E-state index is 0.214. The molecule has 0 aromatic heterocycles. The van der Waals surface area contributed by atoms with E-state index in [0.717, 1.165) is 19.3 Å². The van der Waals surface area contributed by atoms with Crippen LogP contribution < -0.4 is 0 Å². The number of unbranched alkanes of at least 4 members (excludes halogenated alkanes) is 1. The molecule has 0 atom stereocenters. The Morgan fingerprint density at radius 3 is 1.61 bits per heavy atom. The lowest BCUT2D eigenvalue weighted by atomic mass is 9.73. The second-order valence-corrected chi connectivity index (χ2v) is 8.40. The van der Waals surface area contributed by atoms with E-state index in [0.29, 0.717) is 0 Å². The van der Waals surface area contributed by atoms with Crippen LogP contribution in [0.4, 0.5) is 0 Å². The second kappa shape index (κ2) is 8.19. The van der Waals surface area contributed by atoms with Gasteiger partial charge in [-0.2, -0.15) is 0 Å². The summed E-state index contributed by atoms with van der Waals surface area (Å²) in [5, 5.41) is 5.46. The maximum Gasteiger partial charge on any atom is -0.0152 e. The van der Waals surface area contributed by atoms with E-state index in [1.165, 1.54) is 45.5 Å². The van der Waals surface area contributed by atoms with E-state index in [2.05, 4.69) is 98.8 Å². The monoisotopic (exact) mass is 365 g/mol. The predicted octanol–water partition coefficient (Wildman–Crippen LogP) is 7.79. The van der Waals surface area contributed by atoms with Gasteiger partial charge < -0.3 is 0 Å². The van der Waals surface area contributed by atoms with Gasteiger partial charge in [0.15, 0.2) is 0 Å². The van der Waals surface area contributed by atoms with Crippen molar-refractivity contribution in [3.63, 3.8) is 0 Å². The molecule has 4 aromatic carbocycles. The lowest BCUT2D eigenvalue weighted by Crippen LogP contribution is -2.23. The average molecular weight is 366 g/mol. The van der Waals surface area contributed by atoms with Crippen molar-refractivity contribution in [1.82, 2.24) is 0 Å². The third-order valence-electron chi connectivity index (χ3n) is 6.02. The van der Waals surface area contributed by atoms with E-state index in [-0.39, 0.29) is 5.41 Å². The van der Waals surface area contributed by atoms with Gasteiger partial charge >= 0.3 is 0 Å². The minimum absolute atomic E-state index is 0.214. The summed E-state index contributed by atoms with van der Waals surface area (Å²) in [6.07, 6.45) is 5.56. The fourth-order valence-electron chi connectivity index (χ4n) is 4.60. The summed E-state index contributed by atoms with van der Waals surface area (Å²) in [4.78, 5) is 0. The van der Waals surface area contributed by atoms with Gasteiger partial charge in [-0.3, -0.25) is 0 Å². The first-order chi connectivity index (χ1) is 13.7. The molecule has 0 bridgehead atoms. The zero-order valence-electron chi connectivity index (χ0n) is 16.8.